The first-order chi connectivity index (χ1) is 10.2. The Bertz CT molecular complexity index is 657. The molecule has 1 atom stereocenters. The number of fused-ring (bicyclic) bond motifs is 1. The molecule has 0 aliphatic heterocycles. The quantitative estimate of drug-likeness (QED) is 0.888. The number of aryl methyl sites for hydroxylation is 1. The monoisotopic (exact) mass is 344 g/mol. The molecule has 0 fully saturated rings. The van der Waals surface area contributed by atoms with Gasteiger partial charge in [0.05, 0.1) is 6.54 Å². The molecule has 2 aromatic rings. The van der Waals surface area contributed by atoms with Crippen LogP contribution in [0.25, 0.3) is 0 Å². The minimum atomic E-state index is -0.0162. The number of nitrogens with one attached hydrogen (secondary N) is 2. The lowest BCUT2D eigenvalue weighted by Crippen LogP contribution is -2.30. The Morgan fingerprint density at radius 3 is 2.90 bits per heavy atom. The van der Waals surface area contributed by atoms with E-state index in [9.17, 15) is 4.79 Å². The van der Waals surface area contributed by atoms with Crippen molar-refractivity contribution in [2.75, 3.05) is 11.9 Å². The van der Waals surface area contributed by atoms with Crippen molar-refractivity contribution < 1.29 is 4.79 Å². The second-order valence-electron chi connectivity index (χ2n) is 5.23. The third-order valence-corrected chi connectivity index (χ3v) is 4.24. The number of hydrogen-bond donors (Lipinski definition) is 2. The van der Waals surface area contributed by atoms with Crippen molar-refractivity contribution in [2.45, 2.75) is 18.9 Å². The average Bonchev–Trinajstić information content (AvgIpc) is 2.88. The van der Waals surface area contributed by atoms with Crippen LogP contribution < -0.4 is 10.6 Å². The van der Waals surface area contributed by atoms with Crippen LogP contribution in [0, 0.1) is 0 Å². The highest BCUT2D eigenvalue weighted by molar-refractivity contribution is 9.10. The average molecular weight is 345 g/mol. The Balaban J connectivity index is 1.55. The Morgan fingerprint density at radius 2 is 2.05 bits per heavy atom. The zero-order valence-electron chi connectivity index (χ0n) is 11.6. The first kappa shape index (κ1) is 14.3. The van der Waals surface area contributed by atoms with Crippen molar-refractivity contribution in [3.8, 4) is 0 Å². The summed E-state index contributed by atoms with van der Waals surface area (Å²) >= 11 is 3.40. The predicted molar refractivity (Wildman–Crippen MR) is 88.3 cm³/mol. The van der Waals surface area contributed by atoms with Gasteiger partial charge < -0.3 is 10.6 Å². The van der Waals surface area contributed by atoms with Gasteiger partial charge in [0.25, 0.3) is 0 Å². The fourth-order valence-electron chi connectivity index (χ4n) is 2.76. The third-order valence-electron chi connectivity index (χ3n) is 3.75. The topological polar surface area (TPSA) is 41.1 Å². The van der Waals surface area contributed by atoms with Gasteiger partial charge in [0.2, 0.25) is 5.91 Å². The molecule has 0 bridgehead atoms. The highest BCUT2D eigenvalue weighted by Gasteiger charge is 2.21. The molecule has 2 aromatic carbocycles. The fraction of sp³-hybridized carbons (Fsp3) is 0.235. The molecule has 3 rings (SSSR count). The van der Waals surface area contributed by atoms with Crippen molar-refractivity contribution >= 4 is 27.5 Å². The molecule has 108 valence electrons. The van der Waals surface area contributed by atoms with E-state index in [0.717, 1.165) is 23.0 Å². The summed E-state index contributed by atoms with van der Waals surface area (Å²) in [6, 6.07) is 16.3. The molecule has 0 saturated carbocycles. The van der Waals surface area contributed by atoms with E-state index in [1.807, 2.05) is 24.3 Å². The molecular formula is C17H17BrN2O. The van der Waals surface area contributed by atoms with Gasteiger partial charge in [0.15, 0.2) is 0 Å². The lowest BCUT2D eigenvalue weighted by atomic mass is 10.1. The van der Waals surface area contributed by atoms with Gasteiger partial charge >= 0.3 is 0 Å². The Labute approximate surface area is 132 Å². The van der Waals surface area contributed by atoms with Gasteiger partial charge in [-0.05, 0) is 42.2 Å². The number of rotatable bonds is 4. The SMILES string of the molecule is O=C(CNC1CCc2ccccc21)Nc1cccc(Br)c1. The summed E-state index contributed by atoms with van der Waals surface area (Å²) in [4.78, 5) is 12.0. The van der Waals surface area contributed by atoms with Crippen molar-refractivity contribution in [1.29, 1.82) is 0 Å². The highest BCUT2D eigenvalue weighted by atomic mass is 79.9. The van der Waals surface area contributed by atoms with Gasteiger partial charge in [0.1, 0.15) is 0 Å². The van der Waals surface area contributed by atoms with Crippen LogP contribution in [0.3, 0.4) is 0 Å². The van der Waals surface area contributed by atoms with Crippen LogP contribution in [0.4, 0.5) is 5.69 Å². The van der Waals surface area contributed by atoms with Crippen LogP contribution >= 0.6 is 15.9 Å². The molecule has 1 aliphatic carbocycles. The molecule has 0 saturated heterocycles. The number of amides is 1. The molecule has 0 aromatic heterocycles. The Morgan fingerprint density at radius 1 is 1.19 bits per heavy atom. The lowest BCUT2D eigenvalue weighted by Gasteiger charge is -2.14. The Kier molecular flexibility index (Phi) is 4.36. The highest BCUT2D eigenvalue weighted by Crippen LogP contribution is 2.30. The summed E-state index contributed by atoms with van der Waals surface area (Å²) in [6.45, 7) is 0.325. The van der Waals surface area contributed by atoms with Crippen molar-refractivity contribution in [3.05, 3.63) is 64.1 Å². The van der Waals surface area contributed by atoms with Crippen LogP contribution in [0.15, 0.2) is 53.0 Å². The van der Waals surface area contributed by atoms with E-state index in [1.165, 1.54) is 11.1 Å². The molecule has 0 spiro atoms. The molecule has 1 aliphatic rings. The molecular weight excluding hydrogens is 328 g/mol. The van der Waals surface area contributed by atoms with E-state index in [4.69, 9.17) is 0 Å². The number of hydrogen-bond acceptors (Lipinski definition) is 2. The normalized spacial score (nSPS) is 16.5. The smallest absolute Gasteiger partial charge is 0.238 e. The number of carbonyl (C=O) groups is 1. The molecule has 21 heavy (non-hydrogen) atoms. The zero-order valence-corrected chi connectivity index (χ0v) is 13.2. The van der Waals surface area contributed by atoms with Crippen LogP contribution in [-0.4, -0.2) is 12.5 Å². The maximum Gasteiger partial charge on any atom is 0.238 e. The van der Waals surface area contributed by atoms with E-state index in [1.54, 1.807) is 0 Å². The van der Waals surface area contributed by atoms with Crippen LogP contribution in [0.5, 0.6) is 0 Å². The van der Waals surface area contributed by atoms with Crippen LogP contribution in [-0.2, 0) is 11.2 Å². The van der Waals surface area contributed by atoms with Crippen LogP contribution in [0.2, 0.25) is 0 Å². The van der Waals surface area contributed by atoms with E-state index >= 15 is 0 Å². The van der Waals surface area contributed by atoms with Crippen molar-refractivity contribution in [3.63, 3.8) is 0 Å². The molecule has 4 heteroatoms. The Hall–Kier alpha value is -1.65. The summed E-state index contributed by atoms with van der Waals surface area (Å²) in [5, 5.41) is 6.25. The second-order valence-corrected chi connectivity index (χ2v) is 6.15. The van der Waals surface area contributed by atoms with Gasteiger partial charge in [-0.2, -0.15) is 0 Å². The molecule has 1 unspecified atom stereocenters. The first-order valence-corrected chi connectivity index (χ1v) is 7.88. The van der Waals surface area contributed by atoms with Crippen LogP contribution in [0.1, 0.15) is 23.6 Å². The fourth-order valence-corrected chi connectivity index (χ4v) is 3.16. The number of benzene rings is 2. The number of anilines is 1. The second kappa shape index (κ2) is 6.41. The maximum absolute atomic E-state index is 12.0. The summed E-state index contributed by atoms with van der Waals surface area (Å²) < 4.78 is 0.956. The van der Waals surface area contributed by atoms with E-state index in [0.29, 0.717) is 6.54 Å². The van der Waals surface area contributed by atoms with E-state index in [-0.39, 0.29) is 11.9 Å². The standard InChI is InChI=1S/C17H17BrN2O/c18-13-5-3-6-14(10-13)20-17(21)11-19-16-9-8-12-4-1-2-7-15(12)16/h1-7,10,16,19H,8-9,11H2,(H,20,21). The zero-order chi connectivity index (χ0) is 14.7. The number of halogens is 1. The van der Waals surface area contributed by atoms with Gasteiger partial charge in [-0.15, -0.1) is 0 Å². The molecule has 0 heterocycles. The number of carbonyl (C=O) groups excluding carboxylic acids is 1. The van der Waals surface area contributed by atoms with Gasteiger partial charge in [-0.25, -0.2) is 0 Å². The first-order valence-electron chi connectivity index (χ1n) is 7.09. The largest absolute Gasteiger partial charge is 0.325 e. The maximum atomic E-state index is 12.0. The van der Waals surface area contributed by atoms with Gasteiger partial charge in [-0.1, -0.05) is 46.3 Å². The minimum Gasteiger partial charge on any atom is -0.325 e. The predicted octanol–water partition coefficient (Wildman–Crippen LogP) is 3.66. The summed E-state index contributed by atoms with van der Waals surface area (Å²) in [6.07, 6.45) is 2.14. The van der Waals surface area contributed by atoms with Gasteiger partial charge in [0, 0.05) is 16.2 Å². The summed E-state index contributed by atoms with van der Waals surface area (Å²) in [5.74, 6) is -0.0162. The lowest BCUT2D eigenvalue weighted by molar-refractivity contribution is -0.115. The minimum absolute atomic E-state index is 0.0162. The summed E-state index contributed by atoms with van der Waals surface area (Å²) in [7, 11) is 0. The van der Waals surface area contributed by atoms with E-state index in [2.05, 4.69) is 50.8 Å². The molecule has 1 amide bonds. The van der Waals surface area contributed by atoms with E-state index < -0.39 is 0 Å². The van der Waals surface area contributed by atoms with Gasteiger partial charge in [-0.3, -0.25) is 4.79 Å². The molecule has 3 nitrogen and oxygen atoms in total. The molecule has 2 N–H and O–H groups in total. The third kappa shape index (κ3) is 3.52. The molecule has 0 radical (unpaired) electrons. The van der Waals surface area contributed by atoms with Crippen molar-refractivity contribution in [1.82, 2.24) is 5.32 Å². The van der Waals surface area contributed by atoms with Crippen molar-refractivity contribution in [2.24, 2.45) is 0 Å². The summed E-state index contributed by atoms with van der Waals surface area (Å²) in [5.41, 5.74) is 3.53.